The Morgan fingerprint density at radius 2 is 2.35 bits per heavy atom. The molecule has 0 fully saturated rings. The summed E-state index contributed by atoms with van der Waals surface area (Å²) in [6.07, 6.45) is 0. The van der Waals surface area contributed by atoms with E-state index < -0.39 is 0 Å². The second kappa shape index (κ2) is 7.85. The Morgan fingerprint density at radius 3 is 3.15 bits per heavy atom. The number of aromatic nitrogens is 2. The van der Waals surface area contributed by atoms with Crippen molar-refractivity contribution in [2.24, 2.45) is 0 Å². The van der Waals surface area contributed by atoms with Gasteiger partial charge >= 0.3 is 0 Å². The summed E-state index contributed by atoms with van der Waals surface area (Å²) in [4.78, 5) is 0. The molecule has 0 aliphatic rings. The van der Waals surface area contributed by atoms with Crippen LogP contribution in [0.15, 0.2) is 28.6 Å². The van der Waals surface area contributed by atoms with Gasteiger partial charge < -0.3 is 10.1 Å². The highest BCUT2D eigenvalue weighted by Gasteiger charge is 2.05. The molecule has 1 heterocycles. The van der Waals surface area contributed by atoms with Crippen LogP contribution in [0.2, 0.25) is 0 Å². The molecular weight excluding hydrogens is 292 g/mol. The number of hydrogen-bond donors (Lipinski definition) is 1. The van der Waals surface area contributed by atoms with E-state index in [9.17, 15) is 0 Å². The number of anilines is 1. The molecule has 0 radical (unpaired) electrons. The van der Waals surface area contributed by atoms with Gasteiger partial charge in [-0.25, -0.2) is 0 Å². The van der Waals surface area contributed by atoms with Crippen LogP contribution in [0, 0.1) is 11.3 Å². The summed E-state index contributed by atoms with van der Waals surface area (Å²) in [6, 6.07) is 9.74. The molecule has 1 N–H and O–H groups in total. The second-order valence-electron chi connectivity index (χ2n) is 3.89. The van der Waals surface area contributed by atoms with Crippen molar-refractivity contribution in [3.05, 3.63) is 35.4 Å². The van der Waals surface area contributed by atoms with Gasteiger partial charge in [0.15, 0.2) is 4.34 Å². The predicted molar refractivity (Wildman–Crippen MR) is 81.0 cm³/mol. The minimum Gasteiger partial charge on any atom is -0.383 e. The van der Waals surface area contributed by atoms with E-state index in [0.717, 1.165) is 27.3 Å². The molecular formula is C13H14N4OS2. The van der Waals surface area contributed by atoms with Crippen LogP contribution in [0.3, 0.4) is 0 Å². The molecule has 104 valence electrons. The van der Waals surface area contributed by atoms with Crippen LogP contribution in [0.5, 0.6) is 0 Å². The maximum atomic E-state index is 8.86. The lowest BCUT2D eigenvalue weighted by Crippen LogP contribution is -2.06. The van der Waals surface area contributed by atoms with E-state index in [4.69, 9.17) is 10.00 Å². The Kier molecular flexibility index (Phi) is 5.80. The van der Waals surface area contributed by atoms with Gasteiger partial charge in [0.05, 0.1) is 18.2 Å². The van der Waals surface area contributed by atoms with Gasteiger partial charge in [0.2, 0.25) is 5.13 Å². The van der Waals surface area contributed by atoms with E-state index >= 15 is 0 Å². The zero-order valence-corrected chi connectivity index (χ0v) is 12.6. The van der Waals surface area contributed by atoms with Gasteiger partial charge in [0.1, 0.15) is 0 Å². The summed E-state index contributed by atoms with van der Waals surface area (Å²) in [6.45, 7) is 1.36. The van der Waals surface area contributed by atoms with Gasteiger partial charge in [-0.2, -0.15) is 5.26 Å². The predicted octanol–water partition coefficient (Wildman–Crippen LogP) is 2.76. The topological polar surface area (TPSA) is 70.8 Å². The number of ether oxygens (including phenoxy) is 1. The lowest BCUT2D eigenvalue weighted by molar-refractivity contribution is 0.211. The zero-order chi connectivity index (χ0) is 14.2. The third-order valence-electron chi connectivity index (χ3n) is 2.41. The molecule has 0 saturated heterocycles. The van der Waals surface area contributed by atoms with Crippen LogP contribution >= 0.6 is 23.1 Å². The monoisotopic (exact) mass is 306 g/mol. The summed E-state index contributed by atoms with van der Waals surface area (Å²) in [5.74, 6) is 0.780. The van der Waals surface area contributed by atoms with E-state index in [2.05, 4.69) is 21.6 Å². The van der Waals surface area contributed by atoms with Crippen molar-refractivity contribution in [3.63, 3.8) is 0 Å². The standard InChI is InChI=1S/C13H14N4OS2/c1-18-6-5-15-12-16-17-13(20-12)19-9-11-4-2-3-10(7-11)8-14/h2-4,7H,5-6,9H2,1H3,(H,15,16). The fraction of sp³-hybridized carbons (Fsp3) is 0.308. The van der Waals surface area contributed by atoms with Gasteiger partial charge in [-0.1, -0.05) is 35.2 Å². The van der Waals surface area contributed by atoms with Gasteiger partial charge in [0, 0.05) is 19.4 Å². The van der Waals surface area contributed by atoms with Crippen LogP contribution < -0.4 is 5.32 Å². The Labute approximate surface area is 126 Å². The maximum absolute atomic E-state index is 8.86. The molecule has 5 nitrogen and oxygen atoms in total. The molecule has 1 aromatic heterocycles. The lowest BCUT2D eigenvalue weighted by atomic mass is 10.2. The molecule has 0 spiro atoms. The van der Waals surface area contributed by atoms with Crippen molar-refractivity contribution in [2.75, 3.05) is 25.6 Å². The summed E-state index contributed by atoms with van der Waals surface area (Å²) >= 11 is 3.14. The first-order valence-corrected chi connectivity index (χ1v) is 7.80. The number of nitrogens with one attached hydrogen (secondary N) is 1. The second-order valence-corrected chi connectivity index (χ2v) is 6.09. The van der Waals surface area contributed by atoms with Crippen LogP contribution in [-0.2, 0) is 10.5 Å². The first-order valence-electron chi connectivity index (χ1n) is 6.00. The van der Waals surface area contributed by atoms with Crippen molar-refractivity contribution < 1.29 is 4.74 Å². The van der Waals surface area contributed by atoms with Gasteiger partial charge in [-0.05, 0) is 17.7 Å². The number of benzene rings is 1. The third-order valence-corrected chi connectivity index (χ3v) is 4.49. The highest BCUT2D eigenvalue weighted by atomic mass is 32.2. The molecule has 0 amide bonds. The first-order chi connectivity index (χ1) is 9.81. The molecule has 20 heavy (non-hydrogen) atoms. The molecule has 2 rings (SSSR count). The van der Waals surface area contributed by atoms with Gasteiger partial charge in [0.25, 0.3) is 0 Å². The Bertz CT molecular complexity index is 594. The van der Waals surface area contributed by atoms with Crippen LogP contribution in [0.4, 0.5) is 5.13 Å². The average molecular weight is 306 g/mol. The highest BCUT2D eigenvalue weighted by molar-refractivity contribution is 8.00. The molecule has 1 aromatic carbocycles. The minimum atomic E-state index is 0.642. The van der Waals surface area contributed by atoms with Crippen molar-refractivity contribution >= 4 is 28.2 Å². The summed E-state index contributed by atoms with van der Waals surface area (Å²) < 4.78 is 5.87. The van der Waals surface area contributed by atoms with E-state index in [1.807, 2.05) is 18.2 Å². The lowest BCUT2D eigenvalue weighted by Gasteiger charge is -1.99. The number of nitrogens with zero attached hydrogens (tertiary/aromatic N) is 3. The zero-order valence-electron chi connectivity index (χ0n) is 11.0. The SMILES string of the molecule is COCCNc1nnc(SCc2cccc(C#N)c2)s1. The fourth-order valence-electron chi connectivity index (χ4n) is 1.48. The Hall–Kier alpha value is -1.62. The van der Waals surface area contributed by atoms with E-state index in [1.54, 1.807) is 24.9 Å². The van der Waals surface area contributed by atoms with Crippen molar-refractivity contribution in [3.8, 4) is 6.07 Å². The number of hydrogen-bond acceptors (Lipinski definition) is 7. The minimum absolute atomic E-state index is 0.642. The normalized spacial score (nSPS) is 10.2. The van der Waals surface area contributed by atoms with Crippen molar-refractivity contribution in [1.82, 2.24) is 10.2 Å². The number of methoxy groups -OCH3 is 1. The number of thioether (sulfide) groups is 1. The van der Waals surface area contributed by atoms with Crippen LogP contribution in [0.25, 0.3) is 0 Å². The molecule has 2 aromatic rings. The molecule has 0 aliphatic heterocycles. The molecule has 0 atom stereocenters. The molecule has 0 aliphatic carbocycles. The maximum Gasteiger partial charge on any atom is 0.206 e. The molecule has 7 heteroatoms. The van der Waals surface area contributed by atoms with E-state index in [-0.39, 0.29) is 0 Å². The highest BCUT2D eigenvalue weighted by Crippen LogP contribution is 2.28. The van der Waals surface area contributed by atoms with E-state index in [1.165, 1.54) is 11.3 Å². The quantitative estimate of drug-likeness (QED) is 0.626. The van der Waals surface area contributed by atoms with Gasteiger partial charge in [-0.15, -0.1) is 10.2 Å². The molecule has 0 bridgehead atoms. The Morgan fingerprint density at radius 1 is 1.45 bits per heavy atom. The van der Waals surface area contributed by atoms with Crippen LogP contribution in [0.1, 0.15) is 11.1 Å². The van der Waals surface area contributed by atoms with Crippen LogP contribution in [-0.4, -0.2) is 30.5 Å². The number of rotatable bonds is 7. The summed E-state index contributed by atoms with van der Waals surface area (Å²) in [5, 5.41) is 21.0. The van der Waals surface area contributed by atoms with Crippen molar-refractivity contribution in [1.29, 1.82) is 5.26 Å². The Balaban J connectivity index is 1.86. The third kappa shape index (κ3) is 4.49. The molecule has 0 unspecified atom stereocenters. The summed E-state index contributed by atoms with van der Waals surface area (Å²) in [7, 11) is 1.67. The number of nitriles is 1. The molecule has 0 saturated carbocycles. The van der Waals surface area contributed by atoms with Gasteiger partial charge in [-0.3, -0.25) is 0 Å². The first kappa shape index (κ1) is 14.8. The summed E-state index contributed by atoms with van der Waals surface area (Å²) in [5.41, 5.74) is 1.79. The largest absolute Gasteiger partial charge is 0.383 e. The average Bonchev–Trinajstić information content (AvgIpc) is 2.94. The van der Waals surface area contributed by atoms with E-state index in [0.29, 0.717) is 12.2 Å². The van der Waals surface area contributed by atoms with Crippen molar-refractivity contribution in [2.45, 2.75) is 10.1 Å². The smallest absolute Gasteiger partial charge is 0.206 e. The fourth-order valence-corrected chi connectivity index (χ4v) is 3.20.